The molecule has 0 spiro atoms. The van der Waals surface area contributed by atoms with Crippen LogP contribution in [0.25, 0.3) is 0 Å². The number of carbonyl (C=O) groups excluding carboxylic acids is 1. The van der Waals surface area contributed by atoms with Crippen LogP contribution in [0.4, 0.5) is 0 Å². The van der Waals surface area contributed by atoms with Gasteiger partial charge in [0.1, 0.15) is 6.07 Å². The Balaban J connectivity index is 3.42. The second kappa shape index (κ2) is 4.75. The average Bonchev–Trinajstić information content (AvgIpc) is 2.18. The van der Waals surface area contributed by atoms with E-state index in [4.69, 9.17) is 5.26 Å². The van der Waals surface area contributed by atoms with Crippen molar-refractivity contribution in [3.63, 3.8) is 0 Å². The van der Waals surface area contributed by atoms with E-state index in [1.54, 1.807) is 12.1 Å². The highest BCUT2D eigenvalue weighted by molar-refractivity contribution is 14.1. The van der Waals surface area contributed by atoms with Gasteiger partial charge in [-0.05, 0) is 50.7 Å². The number of benzene rings is 1. The van der Waals surface area contributed by atoms with Crippen molar-refractivity contribution < 1.29 is 9.53 Å². The summed E-state index contributed by atoms with van der Waals surface area (Å²) in [6.07, 6.45) is 0. The Morgan fingerprint density at radius 2 is 2.29 bits per heavy atom. The van der Waals surface area contributed by atoms with Crippen LogP contribution in [-0.4, -0.2) is 13.1 Å². The molecule has 0 saturated heterocycles. The first kappa shape index (κ1) is 11.5. The Bertz CT molecular complexity index is 426. The van der Waals surface area contributed by atoms with E-state index in [2.05, 4.69) is 20.7 Å². The monoisotopic (exact) mass is 365 g/mol. The van der Waals surface area contributed by atoms with Crippen molar-refractivity contribution in [3.05, 3.63) is 31.3 Å². The zero-order valence-corrected chi connectivity index (χ0v) is 10.9. The minimum absolute atomic E-state index is 0.396. The molecule has 0 aliphatic carbocycles. The molecule has 3 nitrogen and oxygen atoms in total. The van der Waals surface area contributed by atoms with Gasteiger partial charge >= 0.3 is 5.97 Å². The van der Waals surface area contributed by atoms with Crippen LogP contribution >= 0.6 is 38.5 Å². The maximum atomic E-state index is 11.4. The van der Waals surface area contributed by atoms with Gasteiger partial charge in [0.05, 0.1) is 18.2 Å². The first-order valence-electron chi connectivity index (χ1n) is 3.58. The molecule has 0 unspecified atom stereocenters. The third kappa shape index (κ3) is 2.07. The highest BCUT2D eigenvalue weighted by Crippen LogP contribution is 2.25. The molecule has 14 heavy (non-hydrogen) atoms. The van der Waals surface area contributed by atoms with Gasteiger partial charge < -0.3 is 4.74 Å². The van der Waals surface area contributed by atoms with E-state index in [0.717, 1.165) is 0 Å². The minimum atomic E-state index is -0.446. The highest BCUT2D eigenvalue weighted by Gasteiger charge is 2.17. The SMILES string of the molecule is COC(=O)c1c(Br)ccc(C#N)c1I. The zero-order chi connectivity index (χ0) is 10.7. The molecule has 72 valence electrons. The summed E-state index contributed by atoms with van der Waals surface area (Å²) >= 11 is 5.19. The first-order valence-corrected chi connectivity index (χ1v) is 5.45. The van der Waals surface area contributed by atoms with Crippen molar-refractivity contribution >= 4 is 44.5 Å². The summed E-state index contributed by atoms with van der Waals surface area (Å²) in [5.41, 5.74) is 0.862. The fourth-order valence-corrected chi connectivity index (χ4v) is 2.60. The summed E-state index contributed by atoms with van der Waals surface area (Å²) in [6.45, 7) is 0. The van der Waals surface area contributed by atoms with Crippen molar-refractivity contribution in [2.45, 2.75) is 0 Å². The van der Waals surface area contributed by atoms with E-state index < -0.39 is 5.97 Å². The maximum absolute atomic E-state index is 11.4. The van der Waals surface area contributed by atoms with Gasteiger partial charge in [0.15, 0.2) is 0 Å². The number of methoxy groups -OCH3 is 1. The van der Waals surface area contributed by atoms with Crippen molar-refractivity contribution in [1.29, 1.82) is 5.26 Å². The highest BCUT2D eigenvalue weighted by atomic mass is 127. The molecule has 0 aromatic heterocycles. The number of halogens is 2. The average molecular weight is 366 g/mol. The number of nitrogens with zero attached hydrogens (tertiary/aromatic N) is 1. The van der Waals surface area contributed by atoms with Crippen LogP contribution in [0.15, 0.2) is 16.6 Å². The standard InChI is InChI=1S/C9H5BrINO2/c1-14-9(13)7-6(10)3-2-5(4-12)8(7)11/h2-3H,1H3. The van der Waals surface area contributed by atoms with Crippen LogP contribution in [-0.2, 0) is 4.74 Å². The third-order valence-corrected chi connectivity index (χ3v) is 3.38. The largest absolute Gasteiger partial charge is 0.465 e. The number of hydrogen-bond donors (Lipinski definition) is 0. The normalized spacial score (nSPS) is 9.29. The number of ether oxygens (including phenoxy) is 1. The van der Waals surface area contributed by atoms with Crippen LogP contribution in [0.2, 0.25) is 0 Å². The quantitative estimate of drug-likeness (QED) is 0.568. The Kier molecular flexibility index (Phi) is 3.89. The molecule has 0 radical (unpaired) electrons. The van der Waals surface area contributed by atoms with Gasteiger partial charge in [-0.25, -0.2) is 4.79 Å². The number of hydrogen-bond acceptors (Lipinski definition) is 3. The van der Waals surface area contributed by atoms with E-state index in [1.807, 2.05) is 28.7 Å². The second-order valence-corrected chi connectivity index (χ2v) is 4.32. The van der Waals surface area contributed by atoms with E-state index in [9.17, 15) is 4.79 Å². The summed E-state index contributed by atoms with van der Waals surface area (Å²) in [6, 6.07) is 5.32. The predicted molar refractivity (Wildman–Crippen MR) is 62.9 cm³/mol. The van der Waals surface area contributed by atoms with Gasteiger partial charge in [-0.1, -0.05) is 0 Å². The topological polar surface area (TPSA) is 50.1 Å². The molecular weight excluding hydrogens is 361 g/mol. The number of nitriles is 1. The Hall–Kier alpha value is -0.610. The van der Waals surface area contributed by atoms with Gasteiger partial charge in [-0.15, -0.1) is 0 Å². The van der Waals surface area contributed by atoms with E-state index >= 15 is 0 Å². The Morgan fingerprint density at radius 1 is 1.64 bits per heavy atom. The third-order valence-electron chi connectivity index (χ3n) is 1.60. The van der Waals surface area contributed by atoms with Gasteiger partial charge in [0.25, 0.3) is 0 Å². The summed E-state index contributed by atoms with van der Waals surface area (Å²) in [4.78, 5) is 11.4. The summed E-state index contributed by atoms with van der Waals surface area (Å²) in [5, 5.41) is 8.77. The minimum Gasteiger partial charge on any atom is -0.465 e. The number of carbonyl (C=O) groups is 1. The first-order chi connectivity index (χ1) is 6.61. The molecule has 0 N–H and O–H groups in total. The fraction of sp³-hybridized carbons (Fsp3) is 0.111. The molecule has 0 aliphatic heterocycles. The van der Waals surface area contributed by atoms with Crippen molar-refractivity contribution in [3.8, 4) is 6.07 Å². The molecule has 0 aliphatic rings. The molecule has 0 heterocycles. The van der Waals surface area contributed by atoms with Crippen LogP contribution < -0.4 is 0 Å². The van der Waals surface area contributed by atoms with Crippen molar-refractivity contribution in [2.75, 3.05) is 7.11 Å². The Morgan fingerprint density at radius 3 is 2.79 bits per heavy atom. The molecule has 1 aromatic carbocycles. The van der Waals surface area contributed by atoms with Crippen LogP contribution in [0.3, 0.4) is 0 Å². The van der Waals surface area contributed by atoms with Crippen molar-refractivity contribution in [1.82, 2.24) is 0 Å². The van der Waals surface area contributed by atoms with Crippen LogP contribution in [0.1, 0.15) is 15.9 Å². The predicted octanol–water partition coefficient (Wildman–Crippen LogP) is 2.71. The zero-order valence-electron chi connectivity index (χ0n) is 7.17. The van der Waals surface area contributed by atoms with E-state index in [-0.39, 0.29) is 0 Å². The lowest BCUT2D eigenvalue weighted by Crippen LogP contribution is -2.06. The lowest BCUT2D eigenvalue weighted by Gasteiger charge is -2.05. The van der Waals surface area contributed by atoms with Crippen LogP contribution in [0.5, 0.6) is 0 Å². The van der Waals surface area contributed by atoms with E-state index in [0.29, 0.717) is 19.2 Å². The van der Waals surface area contributed by atoms with Crippen molar-refractivity contribution in [2.24, 2.45) is 0 Å². The summed E-state index contributed by atoms with van der Waals surface area (Å²) in [5.74, 6) is -0.446. The summed E-state index contributed by atoms with van der Waals surface area (Å²) < 4.78 is 5.85. The molecule has 1 aromatic rings. The fourth-order valence-electron chi connectivity index (χ4n) is 0.928. The number of rotatable bonds is 1. The molecule has 0 saturated carbocycles. The molecule has 0 bridgehead atoms. The van der Waals surface area contributed by atoms with Gasteiger partial charge in [0.2, 0.25) is 0 Å². The Labute approximate surface area is 103 Å². The molecule has 0 atom stereocenters. The van der Waals surface area contributed by atoms with Gasteiger partial charge in [0, 0.05) is 8.04 Å². The molecule has 0 fully saturated rings. The van der Waals surface area contributed by atoms with Gasteiger partial charge in [-0.2, -0.15) is 5.26 Å². The summed E-state index contributed by atoms with van der Waals surface area (Å²) in [7, 11) is 1.31. The molecule has 0 amide bonds. The van der Waals surface area contributed by atoms with Gasteiger partial charge in [-0.3, -0.25) is 0 Å². The molecule has 5 heteroatoms. The molecule has 1 rings (SSSR count). The lowest BCUT2D eigenvalue weighted by atomic mass is 10.1. The maximum Gasteiger partial charge on any atom is 0.340 e. The van der Waals surface area contributed by atoms with E-state index in [1.165, 1.54) is 7.11 Å². The lowest BCUT2D eigenvalue weighted by molar-refractivity contribution is 0.0598. The molecular formula is C9H5BrINO2. The second-order valence-electron chi connectivity index (χ2n) is 2.39. The van der Waals surface area contributed by atoms with Crippen LogP contribution in [0, 0.1) is 14.9 Å². The number of esters is 1. The smallest absolute Gasteiger partial charge is 0.340 e.